The zero-order valence-corrected chi connectivity index (χ0v) is 17.9. The number of carbonyl (C=O) groups is 3. The maximum Gasteiger partial charge on any atom is 0.253 e. The topological polar surface area (TPSA) is 91.0 Å². The van der Waals surface area contributed by atoms with E-state index in [0.29, 0.717) is 24.5 Å². The van der Waals surface area contributed by atoms with Gasteiger partial charge in [0.2, 0.25) is 11.8 Å². The second kappa shape index (κ2) is 10.8. The number of anilines is 1. The Bertz CT molecular complexity index is 771. The SMILES string of the molecule is CCCCCC(=O)NN1C(=S)N(C)C(=O)C1CC(=O)Nc1cccc(OCC)c1. The first-order valence-corrected chi connectivity index (χ1v) is 10.2. The lowest BCUT2D eigenvalue weighted by molar-refractivity contribution is -0.132. The Balaban J connectivity index is 2.02. The molecule has 1 heterocycles. The van der Waals surface area contributed by atoms with Crippen molar-refractivity contribution >= 4 is 40.7 Å². The number of hydrazine groups is 1. The molecule has 9 heteroatoms. The first kappa shape index (κ1) is 22.6. The second-order valence-corrected chi connectivity index (χ2v) is 7.14. The van der Waals surface area contributed by atoms with Crippen molar-refractivity contribution in [2.75, 3.05) is 19.0 Å². The molecule has 8 nitrogen and oxygen atoms in total. The van der Waals surface area contributed by atoms with E-state index in [2.05, 4.69) is 17.7 Å². The predicted molar refractivity (Wildman–Crippen MR) is 114 cm³/mol. The van der Waals surface area contributed by atoms with Gasteiger partial charge in [-0.15, -0.1) is 0 Å². The van der Waals surface area contributed by atoms with Gasteiger partial charge in [-0.05, 0) is 37.7 Å². The van der Waals surface area contributed by atoms with E-state index in [9.17, 15) is 14.4 Å². The average molecular weight is 421 g/mol. The van der Waals surface area contributed by atoms with Gasteiger partial charge in [-0.3, -0.25) is 24.7 Å². The molecule has 29 heavy (non-hydrogen) atoms. The molecule has 0 spiro atoms. The zero-order chi connectivity index (χ0) is 21.4. The number of unbranched alkanes of at least 4 members (excludes halogenated alkanes) is 2. The van der Waals surface area contributed by atoms with E-state index in [0.717, 1.165) is 19.3 Å². The zero-order valence-electron chi connectivity index (χ0n) is 17.1. The van der Waals surface area contributed by atoms with Gasteiger partial charge in [-0.2, -0.15) is 0 Å². The number of nitrogens with zero attached hydrogens (tertiary/aromatic N) is 2. The Labute approximate surface area is 176 Å². The number of carbonyl (C=O) groups excluding carboxylic acids is 3. The van der Waals surface area contributed by atoms with Crippen molar-refractivity contribution in [1.82, 2.24) is 15.3 Å². The summed E-state index contributed by atoms with van der Waals surface area (Å²) in [5, 5.41) is 4.26. The average Bonchev–Trinajstić information content (AvgIpc) is 2.87. The Morgan fingerprint density at radius 3 is 2.66 bits per heavy atom. The van der Waals surface area contributed by atoms with E-state index in [4.69, 9.17) is 17.0 Å². The number of rotatable bonds is 10. The molecule has 1 fully saturated rings. The fraction of sp³-hybridized carbons (Fsp3) is 0.500. The standard InChI is InChI=1S/C20H28N4O4S/c1-4-6-7-11-17(25)22-24-16(19(27)23(3)20(24)29)13-18(26)21-14-9-8-10-15(12-14)28-5-2/h8-10,12,16H,4-7,11,13H2,1-3H3,(H,21,26)(H,22,25). The maximum atomic E-state index is 12.5. The summed E-state index contributed by atoms with van der Waals surface area (Å²) in [5.74, 6) is -0.273. The van der Waals surface area contributed by atoms with Crippen LogP contribution in [0.15, 0.2) is 24.3 Å². The minimum Gasteiger partial charge on any atom is -0.494 e. The molecule has 1 saturated heterocycles. The number of hydrogen-bond acceptors (Lipinski definition) is 5. The third-order valence-corrected chi connectivity index (χ3v) is 4.95. The molecule has 1 atom stereocenters. The van der Waals surface area contributed by atoms with Gasteiger partial charge in [0, 0.05) is 25.2 Å². The summed E-state index contributed by atoms with van der Waals surface area (Å²) in [6, 6.07) is 6.14. The van der Waals surface area contributed by atoms with Crippen LogP contribution in [-0.2, 0) is 14.4 Å². The summed E-state index contributed by atoms with van der Waals surface area (Å²) in [6.07, 6.45) is 2.91. The molecule has 0 saturated carbocycles. The van der Waals surface area contributed by atoms with E-state index in [-0.39, 0.29) is 29.3 Å². The van der Waals surface area contributed by atoms with E-state index in [1.807, 2.05) is 6.92 Å². The highest BCUT2D eigenvalue weighted by Gasteiger charge is 2.42. The summed E-state index contributed by atoms with van der Waals surface area (Å²) < 4.78 is 5.42. The Morgan fingerprint density at radius 1 is 1.21 bits per heavy atom. The quantitative estimate of drug-likeness (QED) is 0.446. The Morgan fingerprint density at radius 2 is 1.97 bits per heavy atom. The molecule has 0 bridgehead atoms. The highest BCUT2D eigenvalue weighted by molar-refractivity contribution is 7.80. The minimum atomic E-state index is -0.877. The molecule has 158 valence electrons. The normalized spacial score (nSPS) is 16.2. The van der Waals surface area contributed by atoms with Gasteiger partial charge in [0.1, 0.15) is 11.8 Å². The van der Waals surface area contributed by atoms with Crippen LogP contribution in [0.5, 0.6) is 5.75 Å². The molecule has 1 aromatic carbocycles. The van der Waals surface area contributed by atoms with Crippen LogP contribution in [0.25, 0.3) is 0 Å². The van der Waals surface area contributed by atoms with E-state index >= 15 is 0 Å². The summed E-state index contributed by atoms with van der Waals surface area (Å²) in [5.41, 5.74) is 3.25. The number of hydrogen-bond donors (Lipinski definition) is 2. The summed E-state index contributed by atoms with van der Waals surface area (Å²) >= 11 is 5.27. The molecule has 0 aliphatic carbocycles. The molecule has 0 radical (unpaired) electrons. The molecule has 2 rings (SSSR count). The third kappa shape index (κ3) is 6.15. The van der Waals surface area contributed by atoms with Crippen LogP contribution in [0.4, 0.5) is 5.69 Å². The van der Waals surface area contributed by atoms with Crippen LogP contribution in [0, 0.1) is 0 Å². The van der Waals surface area contributed by atoms with Crippen LogP contribution in [-0.4, -0.2) is 52.4 Å². The van der Waals surface area contributed by atoms with Crippen molar-refractivity contribution in [3.8, 4) is 5.75 Å². The molecule has 0 aromatic heterocycles. The van der Waals surface area contributed by atoms with Crippen LogP contribution < -0.4 is 15.5 Å². The lowest BCUT2D eigenvalue weighted by atomic mass is 10.2. The number of benzene rings is 1. The first-order chi connectivity index (χ1) is 13.9. The van der Waals surface area contributed by atoms with Gasteiger partial charge >= 0.3 is 0 Å². The largest absolute Gasteiger partial charge is 0.494 e. The predicted octanol–water partition coefficient (Wildman–Crippen LogP) is 2.45. The molecule has 1 aliphatic heterocycles. The van der Waals surface area contributed by atoms with Crippen molar-refractivity contribution < 1.29 is 19.1 Å². The highest BCUT2D eigenvalue weighted by atomic mass is 32.1. The molecule has 2 N–H and O–H groups in total. The van der Waals surface area contributed by atoms with Crippen LogP contribution >= 0.6 is 12.2 Å². The number of likely N-dealkylation sites (N-methyl/N-ethyl adjacent to an activating group) is 1. The van der Waals surface area contributed by atoms with E-state index in [1.165, 1.54) is 17.0 Å². The van der Waals surface area contributed by atoms with Crippen molar-refractivity contribution in [3.63, 3.8) is 0 Å². The molecule has 3 amide bonds. The highest BCUT2D eigenvalue weighted by Crippen LogP contribution is 2.20. The lowest BCUT2D eigenvalue weighted by Crippen LogP contribution is -2.49. The van der Waals surface area contributed by atoms with Gasteiger partial charge in [0.05, 0.1) is 13.0 Å². The molecular weight excluding hydrogens is 392 g/mol. The van der Waals surface area contributed by atoms with Gasteiger partial charge in [0.25, 0.3) is 5.91 Å². The monoisotopic (exact) mass is 420 g/mol. The number of amides is 3. The van der Waals surface area contributed by atoms with Gasteiger partial charge in [-0.1, -0.05) is 25.8 Å². The molecular formula is C20H28N4O4S. The fourth-order valence-electron chi connectivity index (χ4n) is 2.97. The van der Waals surface area contributed by atoms with Crippen molar-refractivity contribution in [3.05, 3.63) is 24.3 Å². The van der Waals surface area contributed by atoms with E-state index in [1.54, 1.807) is 24.3 Å². The first-order valence-electron chi connectivity index (χ1n) is 9.80. The Hall–Kier alpha value is -2.68. The maximum absolute atomic E-state index is 12.5. The fourth-order valence-corrected chi connectivity index (χ4v) is 3.23. The number of ether oxygens (including phenoxy) is 1. The smallest absolute Gasteiger partial charge is 0.253 e. The molecule has 1 aromatic rings. The number of thiocarbonyl (C=S) groups is 1. The van der Waals surface area contributed by atoms with Crippen LogP contribution in [0.1, 0.15) is 46.0 Å². The molecule has 1 unspecified atom stereocenters. The summed E-state index contributed by atoms with van der Waals surface area (Å²) in [4.78, 5) is 38.5. The van der Waals surface area contributed by atoms with E-state index < -0.39 is 6.04 Å². The third-order valence-electron chi connectivity index (χ3n) is 4.48. The van der Waals surface area contributed by atoms with Crippen LogP contribution in [0.2, 0.25) is 0 Å². The molecule has 1 aliphatic rings. The van der Waals surface area contributed by atoms with Crippen molar-refractivity contribution in [1.29, 1.82) is 0 Å². The van der Waals surface area contributed by atoms with Gasteiger partial charge in [-0.25, -0.2) is 5.01 Å². The van der Waals surface area contributed by atoms with Crippen molar-refractivity contribution in [2.45, 2.75) is 52.0 Å². The van der Waals surface area contributed by atoms with Crippen molar-refractivity contribution in [2.24, 2.45) is 0 Å². The second-order valence-electron chi connectivity index (χ2n) is 6.77. The Kier molecular flexibility index (Phi) is 8.38. The van der Waals surface area contributed by atoms with Gasteiger partial charge < -0.3 is 10.1 Å². The lowest BCUT2D eigenvalue weighted by Gasteiger charge is -2.24. The summed E-state index contributed by atoms with van der Waals surface area (Å²) in [7, 11) is 1.53. The van der Waals surface area contributed by atoms with Crippen LogP contribution in [0.3, 0.4) is 0 Å². The number of nitrogens with one attached hydrogen (secondary N) is 2. The van der Waals surface area contributed by atoms with Gasteiger partial charge in [0.15, 0.2) is 5.11 Å². The summed E-state index contributed by atoms with van der Waals surface area (Å²) in [6.45, 7) is 4.45. The minimum absolute atomic E-state index is 0.141.